The maximum atomic E-state index is 11.7. The summed E-state index contributed by atoms with van der Waals surface area (Å²) in [5, 5.41) is 3.66. The van der Waals surface area contributed by atoms with Crippen LogP contribution in [-0.2, 0) is 4.79 Å². The first kappa shape index (κ1) is 12.4. The van der Waals surface area contributed by atoms with Crippen LogP contribution in [0.3, 0.4) is 0 Å². The highest BCUT2D eigenvalue weighted by Crippen LogP contribution is 2.26. The summed E-state index contributed by atoms with van der Waals surface area (Å²) in [6, 6.07) is 0.367. The van der Waals surface area contributed by atoms with E-state index in [9.17, 15) is 4.79 Å². The topological polar surface area (TPSA) is 29.1 Å². The lowest BCUT2D eigenvalue weighted by Crippen LogP contribution is -2.43. The zero-order valence-corrected chi connectivity index (χ0v) is 11.3. The van der Waals surface area contributed by atoms with Crippen LogP contribution < -0.4 is 5.32 Å². The Morgan fingerprint density at radius 3 is 2.64 bits per heavy atom. The molecule has 82 valence electrons. The van der Waals surface area contributed by atoms with Crippen molar-refractivity contribution >= 4 is 33.6 Å². The fraction of sp³-hybridized carbons (Fsp3) is 0.900. The molecule has 0 radical (unpaired) electrons. The van der Waals surface area contributed by atoms with E-state index in [4.69, 9.17) is 0 Å². The highest BCUT2D eigenvalue weighted by molar-refractivity contribution is 9.10. The third-order valence-corrected chi connectivity index (χ3v) is 5.34. The maximum Gasteiger partial charge on any atom is 0.234 e. The number of carbonyl (C=O) groups is 1. The first-order valence-electron chi connectivity index (χ1n) is 5.08. The number of carbonyl (C=O) groups excluding carboxylic acids is 1. The van der Waals surface area contributed by atoms with E-state index in [1.54, 1.807) is 0 Å². The third-order valence-electron chi connectivity index (χ3n) is 2.54. The maximum absolute atomic E-state index is 11.7. The summed E-state index contributed by atoms with van der Waals surface area (Å²) in [5.74, 6) is 1.65. The van der Waals surface area contributed by atoms with Crippen LogP contribution in [0.1, 0.15) is 27.2 Å². The Hall–Kier alpha value is 0.300. The van der Waals surface area contributed by atoms with Gasteiger partial charge in [0.25, 0.3) is 0 Å². The van der Waals surface area contributed by atoms with Crippen molar-refractivity contribution in [2.24, 2.45) is 5.92 Å². The Morgan fingerprint density at radius 1 is 1.57 bits per heavy atom. The van der Waals surface area contributed by atoms with Crippen LogP contribution in [0.2, 0.25) is 0 Å². The van der Waals surface area contributed by atoms with E-state index < -0.39 is 0 Å². The largest absolute Gasteiger partial charge is 0.351 e. The van der Waals surface area contributed by atoms with E-state index in [1.165, 1.54) is 5.75 Å². The van der Waals surface area contributed by atoms with Gasteiger partial charge in [0.15, 0.2) is 0 Å². The molecule has 0 saturated carbocycles. The van der Waals surface area contributed by atoms with Crippen molar-refractivity contribution in [1.82, 2.24) is 5.32 Å². The lowest BCUT2D eigenvalue weighted by atomic mass is 10.1. The van der Waals surface area contributed by atoms with Gasteiger partial charge in [-0.3, -0.25) is 4.79 Å². The summed E-state index contributed by atoms with van der Waals surface area (Å²) in [7, 11) is 0. The van der Waals surface area contributed by atoms with Crippen molar-refractivity contribution in [3.63, 3.8) is 0 Å². The second kappa shape index (κ2) is 5.40. The van der Waals surface area contributed by atoms with Gasteiger partial charge in [0.2, 0.25) is 5.91 Å². The molecule has 1 rings (SSSR count). The summed E-state index contributed by atoms with van der Waals surface area (Å²) in [5.41, 5.74) is 0. The molecule has 1 aliphatic rings. The number of halogens is 1. The molecule has 1 aliphatic heterocycles. The van der Waals surface area contributed by atoms with Crippen molar-refractivity contribution in [1.29, 1.82) is 0 Å². The molecule has 0 aromatic rings. The molecule has 14 heavy (non-hydrogen) atoms. The minimum atomic E-state index is -0.0553. The summed E-state index contributed by atoms with van der Waals surface area (Å²) in [6.07, 6.45) is 1.11. The van der Waals surface area contributed by atoms with Gasteiger partial charge < -0.3 is 5.32 Å². The zero-order chi connectivity index (χ0) is 10.7. The molecule has 1 amide bonds. The van der Waals surface area contributed by atoms with Crippen LogP contribution >= 0.6 is 27.7 Å². The summed E-state index contributed by atoms with van der Waals surface area (Å²) >= 11 is 5.35. The fourth-order valence-electron chi connectivity index (χ4n) is 1.49. The molecule has 3 atom stereocenters. The Bertz CT molecular complexity index is 210. The average Bonchev–Trinajstić information content (AvgIpc) is 2.50. The Kier molecular flexibility index (Phi) is 4.77. The van der Waals surface area contributed by atoms with Gasteiger partial charge in [0, 0.05) is 11.3 Å². The van der Waals surface area contributed by atoms with E-state index in [2.05, 4.69) is 28.2 Å². The lowest BCUT2D eigenvalue weighted by molar-refractivity contribution is -0.121. The second-order valence-electron chi connectivity index (χ2n) is 4.13. The van der Waals surface area contributed by atoms with Crippen molar-refractivity contribution in [3.8, 4) is 0 Å². The Labute approximate surface area is 98.7 Å². The number of rotatable bonds is 3. The van der Waals surface area contributed by atoms with Crippen LogP contribution in [-0.4, -0.2) is 27.8 Å². The van der Waals surface area contributed by atoms with E-state index in [-0.39, 0.29) is 10.7 Å². The van der Waals surface area contributed by atoms with Gasteiger partial charge in [-0.25, -0.2) is 0 Å². The molecule has 1 saturated heterocycles. The summed E-state index contributed by atoms with van der Waals surface area (Å²) < 4.78 is 0. The number of thioether (sulfide) groups is 1. The van der Waals surface area contributed by atoms with Gasteiger partial charge in [-0.2, -0.15) is 11.8 Å². The van der Waals surface area contributed by atoms with Crippen LogP contribution in [0.15, 0.2) is 0 Å². The highest BCUT2D eigenvalue weighted by Gasteiger charge is 2.28. The van der Waals surface area contributed by atoms with Gasteiger partial charge in [-0.1, -0.05) is 36.7 Å². The minimum Gasteiger partial charge on any atom is -0.351 e. The molecule has 4 heteroatoms. The molecule has 1 heterocycles. The molecule has 0 spiro atoms. The van der Waals surface area contributed by atoms with Crippen LogP contribution in [0, 0.1) is 5.92 Å². The monoisotopic (exact) mass is 279 g/mol. The molecule has 3 unspecified atom stereocenters. The number of alkyl halides is 1. The smallest absolute Gasteiger partial charge is 0.234 e. The summed E-state index contributed by atoms with van der Waals surface area (Å²) in [6.45, 7) is 6.28. The van der Waals surface area contributed by atoms with Crippen molar-refractivity contribution in [2.45, 2.75) is 43.3 Å². The molecule has 1 fully saturated rings. The van der Waals surface area contributed by atoms with Gasteiger partial charge >= 0.3 is 0 Å². The minimum absolute atomic E-state index is 0.0553. The van der Waals surface area contributed by atoms with E-state index in [1.807, 2.05) is 25.6 Å². The van der Waals surface area contributed by atoms with Crippen LogP contribution in [0.5, 0.6) is 0 Å². The molecular weight excluding hydrogens is 262 g/mol. The van der Waals surface area contributed by atoms with Crippen molar-refractivity contribution < 1.29 is 4.79 Å². The number of nitrogens with one attached hydrogen (secondary N) is 1. The number of hydrogen-bond acceptors (Lipinski definition) is 2. The SMILES string of the molecule is CC(C)C(Br)C(=O)NC1CCSC1C. The van der Waals surface area contributed by atoms with Gasteiger partial charge in [0.05, 0.1) is 4.83 Å². The normalized spacial score (nSPS) is 29.2. The van der Waals surface area contributed by atoms with Crippen molar-refractivity contribution in [2.75, 3.05) is 5.75 Å². The predicted octanol–water partition coefficient (Wildman–Crippen LogP) is 2.42. The van der Waals surface area contributed by atoms with E-state index in [0.29, 0.717) is 17.2 Å². The molecule has 1 N–H and O–H groups in total. The summed E-state index contributed by atoms with van der Waals surface area (Å²) in [4.78, 5) is 11.7. The lowest BCUT2D eigenvalue weighted by Gasteiger charge is -2.20. The van der Waals surface area contributed by atoms with Crippen LogP contribution in [0.25, 0.3) is 0 Å². The van der Waals surface area contributed by atoms with E-state index in [0.717, 1.165) is 6.42 Å². The first-order valence-corrected chi connectivity index (χ1v) is 7.05. The fourth-order valence-corrected chi connectivity index (χ4v) is 2.82. The number of amides is 1. The molecular formula is C10H18BrNOS. The quantitative estimate of drug-likeness (QED) is 0.804. The first-order chi connectivity index (χ1) is 6.52. The molecule has 0 aromatic carbocycles. The molecule has 0 aromatic heterocycles. The predicted molar refractivity (Wildman–Crippen MR) is 66.0 cm³/mol. The van der Waals surface area contributed by atoms with Gasteiger partial charge in [-0.05, 0) is 18.1 Å². The zero-order valence-electron chi connectivity index (χ0n) is 8.92. The number of hydrogen-bond donors (Lipinski definition) is 1. The van der Waals surface area contributed by atoms with E-state index >= 15 is 0 Å². The second-order valence-corrected chi connectivity index (χ2v) is 6.60. The molecule has 0 bridgehead atoms. The van der Waals surface area contributed by atoms with Gasteiger partial charge in [-0.15, -0.1) is 0 Å². The Morgan fingerprint density at radius 2 is 2.21 bits per heavy atom. The van der Waals surface area contributed by atoms with Crippen LogP contribution in [0.4, 0.5) is 0 Å². The van der Waals surface area contributed by atoms with Crippen molar-refractivity contribution in [3.05, 3.63) is 0 Å². The molecule has 0 aliphatic carbocycles. The highest BCUT2D eigenvalue weighted by atomic mass is 79.9. The standard InChI is InChI=1S/C10H18BrNOS/c1-6(2)9(11)10(13)12-8-4-5-14-7(8)3/h6-9H,4-5H2,1-3H3,(H,12,13). The third kappa shape index (κ3) is 3.16. The van der Waals surface area contributed by atoms with Gasteiger partial charge in [0.1, 0.15) is 0 Å². The molecule has 2 nitrogen and oxygen atoms in total. The Balaban J connectivity index is 2.40. The average molecular weight is 280 g/mol.